The van der Waals surface area contributed by atoms with Crippen molar-refractivity contribution in [3.63, 3.8) is 0 Å². The third-order valence-corrected chi connectivity index (χ3v) is 6.84. The fourth-order valence-electron chi connectivity index (χ4n) is 4.41. The van der Waals surface area contributed by atoms with Crippen LogP contribution in [-0.4, -0.2) is 55.3 Å². The molecule has 8 nitrogen and oxygen atoms in total. The predicted molar refractivity (Wildman–Crippen MR) is 111 cm³/mol. The van der Waals surface area contributed by atoms with Crippen molar-refractivity contribution in [2.75, 3.05) is 17.6 Å². The Balaban J connectivity index is 1.34. The lowest BCUT2D eigenvalue weighted by Gasteiger charge is -2.44. The Labute approximate surface area is 174 Å². The molecule has 1 saturated heterocycles. The maximum Gasteiger partial charge on any atom is 0.254 e. The molecule has 1 aromatic heterocycles. The average molecular weight is 415 g/mol. The standard InChI is InChI=1S/C20H26N6O2S/c1-25-20(22-23-24-25)29-13-18(27)21-16-10-8-15(9-11-16)19(28)26-12-4-6-14-5-2-3-7-17(14)26/h8-11,14,17H,2-7,12-13H2,1H3,(H,21,27)/t14-,17+/m1/s1. The van der Waals surface area contributed by atoms with Crippen LogP contribution in [0.4, 0.5) is 5.69 Å². The van der Waals surface area contributed by atoms with Crippen molar-refractivity contribution in [3.05, 3.63) is 29.8 Å². The molecule has 1 aliphatic carbocycles. The number of hydrogen-bond acceptors (Lipinski definition) is 6. The maximum absolute atomic E-state index is 13.1. The first-order valence-corrected chi connectivity index (χ1v) is 11.2. The van der Waals surface area contributed by atoms with E-state index in [2.05, 4.69) is 25.7 Å². The van der Waals surface area contributed by atoms with E-state index in [0.29, 0.717) is 28.4 Å². The number of piperidine rings is 1. The van der Waals surface area contributed by atoms with Gasteiger partial charge in [0.25, 0.3) is 5.91 Å². The summed E-state index contributed by atoms with van der Waals surface area (Å²) < 4.78 is 1.52. The number of hydrogen-bond donors (Lipinski definition) is 1. The number of tetrazole rings is 1. The van der Waals surface area contributed by atoms with E-state index in [1.165, 1.54) is 42.1 Å². The van der Waals surface area contributed by atoms with Gasteiger partial charge in [-0.15, -0.1) is 5.10 Å². The normalized spacial score (nSPS) is 21.5. The third kappa shape index (κ3) is 4.60. The van der Waals surface area contributed by atoms with Crippen LogP contribution in [0.5, 0.6) is 0 Å². The number of anilines is 1. The van der Waals surface area contributed by atoms with Crippen LogP contribution in [0.25, 0.3) is 0 Å². The van der Waals surface area contributed by atoms with Gasteiger partial charge in [0.2, 0.25) is 11.1 Å². The monoisotopic (exact) mass is 414 g/mol. The van der Waals surface area contributed by atoms with Crippen molar-refractivity contribution >= 4 is 29.3 Å². The molecule has 1 aromatic carbocycles. The molecule has 2 atom stereocenters. The molecule has 2 amide bonds. The molecule has 4 rings (SSSR count). The minimum absolute atomic E-state index is 0.116. The summed E-state index contributed by atoms with van der Waals surface area (Å²) in [6, 6.07) is 7.61. The highest BCUT2D eigenvalue weighted by molar-refractivity contribution is 7.99. The number of carbonyl (C=O) groups is 2. The summed E-state index contributed by atoms with van der Waals surface area (Å²) in [6.07, 6.45) is 7.24. The first kappa shape index (κ1) is 19.9. The fraction of sp³-hybridized carbons (Fsp3) is 0.550. The van der Waals surface area contributed by atoms with Crippen molar-refractivity contribution in [1.29, 1.82) is 0 Å². The highest BCUT2D eigenvalue weighted by Gasteiger charge is 2.35. The van der Waals surface area contributed by atoms with Crippen LogP contribution >= 0.6 is 11.8 Å². The van der Waals surface area contributed by atoms with Gasteiger partial charge >= 0.3 is 0 Å². The zero-order valence-electron chi connectivity index (χ0n) is 16.6. The van der Waals surface area contributed by atoms with Crippen LogP contribution in [0.1, 0.15) is 48.9 Å². The number of carbonyl (C=O) groups excluding carboxylic acids is 2. The van der Waals surface area contributed by atoms with Gasteiger partial charge < -0.3 is 10.2 Å². The summed E-state index contributed by atoms with van der Waals surface area (Å²) in [5.74, 6) is 0.857. The number of amides is 2. The second-order valence-electron chi connectivity index (χ2n) is 7.75. The van der Waals surface area contributed by atoms with Gasteiger partial charge in [-0.1, -0.05) is 24.6 Å². The molecule has 154 valence electrons. The van der Waals surface area contributed by atoms with Crippen LogP contribution in [0.3, 0.4) is 0 Å². The molecule has 2 heterocycles. The van der Waals surface area contributed by atoms with Crippen LogP contribution in [-0.2, 0) is 11.8 Å². The van der Waals surface area contributed by atoms with Crippen LogP contribution in [0.2, 0.25) is 0 Å². The number of thioether (sulfide) groups is 1. The van der Waals surface area contributed by atoms with Crippen molar-refractivity contribution in [3.8, 4) is 0 Å². The molecular weight excluding hydrogens is 388 g/mol. The van der Waals surface area contributed by atoms with Crippen molar-refractivity contribution in [2.24, 2.45) is 13.0 Å². The molecule has 2 fully saturated rings. The van der Waals surface area contributed by atoms with E-state index in [9.17, 15) is 9.59 Å². The number of benzene rings is 1. The number of fused-ring (bicyclic) bond motifs is 1. The Kier molecular flexibility index (Phi) is 6.13. The molecule has 9 heteroatoms. The number of likely N-dealkylation sites (tertiary alicyclic amines) is 1. The van der Waals surface area contributed by atoms with Gasteiger partial charge in [0.15, 0.2) is 0 Å². The van der Waals surface area contributed by atoms with E-state index in [4.69, 9.17) is 0 Å². The molecule has 2 aliphatic rings. The second-order valence-corrected chi connectivity index (χ2v) is 8.69. The lowest BCUT2D eigenvalue weighted by Crippen LogP contribution is -2.49. The highest BCUT2D eigenvalue weighted by Crippen LogP contribution is 2.36. The summed E-state index contributed by atoms with van der Waals surface area (Å²) in [7, 11) is 1.73. The molecular formula is C20H26N6O2S. The number of nitrogens with zero attached hydrogens (tertiary/aromatic N) is 5. The second kappa shape index (κ2) is 8.94. The Morgan fingerprint density at radius 1 is 1.14 bits per heavy atom. The van der Waals surface area contributed by atoms with Gasteiger partial charge in [0.05, 0.1) is 5.75 Å². The topological polar surface area (TPSA) is 93.0 Å². The van der Waals surface area contributed by atoms with Gasteiger partial charge in [0, 0.05) is 30.9 Å². The van der Waals surface area contributed by atoms with Crippen LogP contribution in [0, 0.1) is 5.92 Å². The van der Waals surface area contributed by atoms with E-state index in [1.807, 2.05) is 12.1 Å². The van der Waals surface area contributed by atoms with Gasteiger partial charge in [-0.25, -0.2) is 4.68 Å². The molecule has 0 unspecified atom stereocenters. The number of aromatic nitrogens is 4. The first-order chi connectivity index (χ1) is 14.1. The Bertz CT molecular complexity index is 866. The van der Waals surface area contributed by atoms with Crippen molar-refractivity contribution in [2.45, 2.75) is 49.7 Å². The van der Waals surface area contributed by atoms with E-state index in [-0.39, 0.29) is 17.6 Å². The minimum atomic E-state index is -0.141. The third-order valence-electron chi connectivity index (χ3n) is 5.83. The molecule has 1 saturated carbocycles. The SMILES string of the molecule is Cn1nnnc1SCC(=O)Nc1ccc(C(=O)N2CCC[C@H]3CCCC[C@@H]32)cc1. The van der Waals surface area contributed by atoms with Gasteiger partial charge in [0.1, 0.15) is 0 Å². The Morgan fingerprint density at radius 2 is 1.90 bits per heavy atom. The Morgan fingerprint density at radius 3 is 2.66 bits per heavy atom. The predicted octanol–water partition coefficient (Wildman–Crippen LogP) is 2.74. The van der Waals surface area contributed by atoms with Gasteiger partial charge in [-0.05, 0) is 66.3 Å². The zero-order valence-corrected chi connectivity index (χ0v) is 17.4. The minimum Gasteiger partial charge on any atom is -0.335 e. The van der Waals surface area contributed by atoms with E-state index < -0.39 is 0 Å². The smallest absolute Gasteiger partial charge is 0.254 e. The van der Waals surface area contributed by atoms with Crippen LogP contribution in [0.15, 0.2) is 29.4 Å². The number of aryl methyl sites for hydroxylation is 1. The van der Waals surface area contributed by atoms with Gasteiger partial charge in [-0.2, -0.15) is 0 Å². The maximum atomic E-state index is 13.1. The van der Waals surface area contributed by atoms with Crippen LogP contribution < -0.4 is 5.32 Å². The highest BCUT2D eigenvalue weighted by atomic mass is 32.2. The molecule has 0 bridgehead atoms. The molecule has 2 aromatic rings. The van der Waals surface area contributed by atoms with Crippen molar-refractivity contribution < 1.29 is 9.59 Å². The summed E-state index contributed by atoms with van der Waals surface area (Å²) in [6.45, 7) is 0.854. The van der Waals surface area contributed by atoms with E-state index in [1.54, 1.807) is 19.2 Å². The first-order valence-electron chi connectivity index (χ1n) is 10.2. The molecule has 29 heavy (non-hydrogen) atoms. The molecule has 0 spiro atoms. The summed E-state index contributed by atoms with van der Waals surface area (Å²) in [5, 5.41) is 14.6. The lowest BCUT2D eigenvalue weighted by molar-refractivity contribution is -0.113. The van der Waals surface area contributed by atoms with E-state index >= 15 is 0 Å². The number of rotatable bonds is 5. The average Bonchev–Trinajstić information content (AvgIpc) is 3.16. The molecule has 1 N–H and O–H groups in total. The number of nitrogens with one attached hydrogen (secondary N) is 1. The largest absolute Gasteiger partial charge is 0.335 e. The molecule has 0 radical (unpaired) electrons. The Hall–Kier alpha value is -2.42. The fourth-order valence-corrected chi connectivity index (χ4v) is 5.06. The summed E-state index contributed by atoms with van der Waals surface area (Å²) >= 11 is 1.27. The summed E-state index contributed by atoms with van der Waals surface area (Å²) in [5.41, 5.74) is 1.37. The quantitative estimate of drug-likeness (QED) is 0.756. The molecule has 1 aliphatic heterocycles. The zero-order chi connectivity index (χ0) is 20.2. The van der Waals surface area contributed by atoms with Gasteiger partial charge in [-0.3, -0.25) is 9.59 Å². The van der Waals surface area contributed by atoms with Crippen molar-refractivity contribution in [1.82, 2.24) is 25.1 Å². The summed E-state index contributed by atoms with van der Waals surface area (Å²) in [4.78, 5) is 27.3. The van der Waals surface area contributed by atoms with E-state index in [0.717, 1.165) is 19.4 Å². The lowest BCUT2D eigenvalue weighted by atomic mass is 9.78.